The first-order valence-corrected chi connectivity index (χ1v) is 6.31. The standard InChI is InChI=1S/C15H22S/c1-11(2)9-14(12(3)4)10-13-5-7-15(16)8-6-13/h5,7,14,16H,1,3,6,8-10H2,2,4H3. The molecule has 16 heavy (non-hydrogen) atoms. The highest BCUT2D eigenvalue weighted by Gasteiger charge is 2.13. The summed E-state index contributed by atoms with van der Waals surface area (Å²) in [4.78, 5) is 1.19. The summed E-state index contributed by atoms with van der Waals surface area (Å²) in [7, 11) is 0. The molecule has 0 spiro atoms. The number of thiol groups is 1. The van der Waals surface area contributed by atoms with Crippen LogP contribution in [0.15, 0.2) is 46.9 Å². The van der Waals surface area contributed by atoms with Crippen molar-refractivity contribution in [3.05, 3.63) is 46.9 Å². The minimum atomic E-state index is 0.554. The van der Waals surface area contributed by atoms with Crippen LogP contribution < -0.4 is 0 Å². The normalized spacial score (nSPS) is 17.4. The molecule has 0 aromatic heterocycles. The van der Waals surface area contributed by atoms with Crippen molar-refractivity contribution in [2.45, 2.75) is 39.5 Å². The van der Waals surface area contributed by atoms with Gasteiger partial charge in [0.15, 0.2) is 0 Å². The minimum absolute atomic E-state index is 0.554. The predicted molar refractivity (Wildman–Crippen MR) is 76.7 cm³/mol. The molecule has 0 nitrogen and oxygen atoms in total. The summed E-state index contributed by atoms with van der Waals surface area (Å²) >= 11 is 4.37. The first kappa shape index (κ1) is 13.4. The van der Waals surface area contributed by atoms with Gasteiger partial charge in [0.25, 0.3) is 0 Å². The fourth-order valence-corrected chi connectivity index (χ4v) is 2.18. The van der Waals surface area contributed by atoms with Gasteiger partial charge >= 0.3 is 0 Å². The van der Waals surface area contributed by atoms with E-state index < -0.39 is 0 Å². The lowest BCUT2D eigenvalue weighted by Gasteiger charge is -2.20. The van der Waals surface area contributed by atoms with Crippen LogP contribution in [-0.2, 0) is 0 Å². The maximum Gasteiger partial charge on any atom is -0.0134 e. The second-order valence-corrected chi connectivity index (χ2v) is 5.47. The Bertz CT molecular complexity index is 344. The zero-order valence-corrected chi connectivity index (χ0v) is 11.3. The summed E-state index contributed by atoms with van der Waals surface area (Å²) in [5.41, 5.74) is 4.03. The molecule has 1 aliphatic carbocycles. The first-order valence-electron chi connectivity index (χ1n) is 5.86. The molecular formula is C15H22S. The van der Waals surface area contributed by atoms with Gasteiger partial charge in [-0.3, -0.25) is 0 Å². The van der Waals surface area contributed by atoms with Crippen molar-refractivity contribution in [1.29, 1.82) is 0 Å². The molecule has 0 fully saturated rings. The fourth-order valence-electron chi connectivity index (χ4n) is 2.00. The average Bonchev–Trinajstić information content (AvgIpc) is 2.19. The number of hydrogen-bond acceptors (Lipinski definition) is 1. The van der Waals surface area contributed by atoms with Gasteiger partial charge in [-0.25, -0.2) is 0 Å². The molecule has 0 N–H and O–H groups in total. The van der Waals surface area contributed by atoms with Crippen molar-refractivity contribution in [2.75, 3.05) is 0 Å². The summed E-state index contributed by atoms with van der Waals surface area (Å²) in [6.45, 7) is 12.3. The Kier molecular flexibility index (Phi) is 5.14. The molecule has 1 atom stereocenters. The van der Waals surface area contributed by atoms with Gasteiger partial charge in [0.2, 0.25) is 0 Å². The molecule has 0 heterocycles. The highest BCUT2D eigenvalue weighted by molar-refractivity contribution is 7.84. The molecule has 0 bridgehead atoms. The van der Waals surface area contributed by atoms with Crippen LogP contribution in [0.3, 0.4) is 0 Å². The van der Waals surface area contributed by atoms with Crippen LogP contribution in [0.5, 0.6) is 0 Å². The van der Waals surface area contributed by atoms with Gasteiger partial charge in [-0.15, -0.1) is 19.2 Å². The van der Waals surface area contributed by atoms with Crippen molar-refractivity contribution in [2.24, 2.45) is 5.92 Å². The molecule has 0 saturated heterocycles. The third kappa shape index (κ3) is 4.44. The number of hydrogen-bond donors (Lipinski definition) is 1. The van der Waals surface area contributed by atoms with Crippen molar-refractivity contribution in [3.63, 3.8) is 0 Å². The van der Waals surface area contributed by atoms with Crippen molar-refractivity contribution >= 4 is 12.6 Å². The zero-order valence-electron chi connectivity index (χ0n) is 10.4. The van der Waals surface area contributed by atoms with Gasteiger partial charge in [0, 0.05) is 0 Å². The van der Waals surface area contributed by atoms with Crippen LogP contribution in [0.1, 0.15) is 39.5 Å². The highest BCUT2D eigenvalue weighted by Crippen LogP contribution is 2.30. The largest absolute Gasteiger partial charge is 0.148 e. The van der Waals surface area contributed by atoms with Gasteiger partial charge in [-0.2, -0.15) is 0 Å². The number of rotatable bonds is 5. The summed E-state index contributed by atoms with van der Waals surface area (Å²) in [5, 5.41) is 0. The smallest absolute Gasteiger partial charge is 0.0134 e. The van der Waals surface area contributed by atoms with Crippen molar-refractivity contribution in [3.8, 4) is 0 Å². The quantitative estimate of drug-likeness (QED) is 0.498. The lowest BCUT2D eigenvalue weighted by atomic mass is 9.86. The molecule has 1 unspecified atom stereocenters. The lowest BCUT2D eigenvalue weighted by molar-refractivity contribution is 0.588. The van der Waals surface area contributed by atoms with E-state index in [2.05, 4.69) is 51.8 Å². The van der Waals surface area contributed by atoms with E-state index in [1.807, 2.05) is 0 Å². The van der Waals surface area contributed by atoms with E-state index in [0.29, 0.717) is 5.92 Å². The Morgan fingerprint density at radius 2 is 2.00 bits per heavy atom. The predicted octanol–water partition coefficient (Wildman–Crippen LogP) is 5.07. The summed E-state index contributed by atoms with van der Waals surface area (Å²) < 4.78 is 0. The van der Waals surface area contributed by atoms with Gasteiger partial charge in [0.05, 0.1) is 0 Å². The van der Waals surface area contributed by atoms with Crippen molar-refractivity contribution in [1.82, 2.24) is 0 Å². The van der Waals surface area contributed by atoms with Crippen molar-refractivity contribution < 1.29 is 0 Å². The summed E-state index contributed by atoms with van der Waals surface area (Å²) in [6.07, 6.45) is 8.77. The Balaban J connectivity index is 2.62. The second-order valence-electron chi connectivity index (χ2n) is 4.89. The monoisotopic (exact) mass is 234 g/mol. The van der Waals surface area contributed by atoms with Crippen LogP contribution >= 0.6 is 12.6 Å². The third-order valence-electron chi connectivity index (χ3n) is 3.01. The van der Waals surface area contributed by atoms with Gasteiger partial charge in [0.1, 0.15) is 0 Å². The molecule has 0 amide bonds. The Labute approximate surface area is 105 Å². The third-order valence-corrected chi connectivity index (χ3v) is 3.39. The van der Waals surface area contributed by atoms with Gasteiger partial charge < -0.3 is 0 Å². The zero-order chi connectivity index (χ0) is 12.1. The molecule has 0 aromatic carbocycles. The molecule has 88 valence electrons. The molecule has 1 rings (SSSR count). The Morgan fingerprint density at radius 1 is 1.31 bits per heavy atom. The molecule has 1 heteroatoms. The Morgan fingerprint density at radius 3 is 2.44 bits per heavy atom. The van der Waals surface area contributed by atoms with E-state index in [0.717, 1.165) is 25.7 Å². The van der Waals surface area contributed by atoms with E-state index in [-0.39, 0.29) is 0 Å². The van der Waals surface area contributed by atoms with E-state index in [1.165, 1.54) is 21.6 Å². The lowest BCUT2D eigenvalue weighted by Crippen LogP contribution is -2.05. The molecule has 1 aliphatic rings. The van der Waals surface area contributed by atoms with Crippen LogP contribution in [0.4, 0.5) is 0 Å². The maximum absolute atomic E-state index is 4.37. The van der Waals surface area contributed by atoms with E-state index in [4.69, 9.17) is 0 Å². The molecular weight excluding hydrogens is 212 g/mol. The van der Waals surface area contributed by atoms with Crippen LogP contribution in [0.2, 0.25) is 0 Å². The SMILES string of the molecule is C=C(C)CC(CC1=CC=C(S)CC1)C(=C)C. The van der Waals surface area contributed by atoms with Crippen LogP contribution in [-0.4, -0.2) is 0 Å². The van der Waals surface area contributed by atoms with Gasteiger partial charge in [-0.1, -0.05) is 35.5 Å². The number of allylic oxidation sites excluding steroid dienone is 6. The molecule has 0 aliphatic heterocycles. The second kappa shape index (κ2) is 6.15. The minimum Gasteiger partial charge on any atom is -0.148 e. The topological polar surface area (TPSA) is 0 Å². The molecule has 0 aromatic rings. The highest BCUT2D eigenvalue weighted by atomic mass is 32.1. The fraction of sp³-hybridized carbons (Fsp3) is 0.467. The van der Waals surface area contributed by atoms with Crippen LogP contribution in [0, 0.1) is 5.92 Å². The van der Waals surface area contributed by atoms with Gasteiger partial charge in [-0.05, 0) is 50.4 Å². The first-order chi connectivity index (χ1) is 7.49. The summed E-state index contributed by atoms with van der Waals surface area (Å²) in [5.74, 6) is 0.554. The molecule has 0 radical (unpaired) electrons. The molecule has 0 saturated carbocycles. The average molecular weight is 234 g/mol. The van der Waals surface area contributed by atoms with E-state index in [1.54, 1.807) is 0 Å². The summed E-state index contributed by atoms with van der Waals surface area (Å²) in [6, 6.07) is 0. The maximum atomic E-state index is 4.37. The Hall–Kier alpha value is -0.690. The van der Waals surface area contributed by atoms with E-state index in [9.17, 15) is 0 Å². The van der Waals surface area contributed by atoms with E-state index >= 15 is 0 Å². The van der Waals surface area contributed by atoms with Crippen LogP contribution in [0.25, 0.3) is 0 Å².